The van der Waals surface area contributed by atoms with Gasteiger partial charge >= 0.3 is 0 Å². The number of nitrogens with one attached hydrogen (secondary N) is 1. The van der Waals surface area contributed by atoms with Crippen LogP contribution in [0.25, 0.3) is 0 Å². The molecule has 0 aliphatic heterocycles. The van der Waals surface area contributed by atoms with Gasteiger partial charge in [-0.2, -0.15) is 4.31 Å². The first-order valence-electron chi connectivity index (χ1n) is 5.56. The Morgan fingerprint density at radius 3 is 2.65 bits per heavy atom. The summed E-state index contributed by atoms with van der Waals surface area (Å²) in [6.07, 6.45) is 0. The summed E-state index contributed by atoms with van der Waals surface area (Å²) in [5.74, 6) is 0.325. The predicted molar refractivity (Wildman–Crippen MR) is 71.7 cm³/mol. The first-order chi connectivity index (χ1) is 7.87. The van der Waals surface area contributed by atoms with Gasteiger partial charge in [0.2, 0.25) is 0 Å². The summed E-state index contributed by atoms with van der Waals surface area (Å²) in [6.45, 7) is 5.25. The molecule has 98 valence electrons. The molecular weight excluding hydrogens is 256 g/mol. The second kappa shape index (κ2) is 5.95. The van der Waals surface area contributed by atoms with E-state index >= 15 is 0 Å². The van der Waals surface area contributed by atoms with Gasteiger partial charge in [0.1, 0.15) is 4.21 Å². The molecular formula is C11H20N2O2S2. The van der Waals surface area contributed by atoms with Crippen LogP contribution in [0.5, 0.6) is 0 Å². The second-order valence-corrected chi connectivity index (χ2v) is 7.67. The minimum atomic E-state index is -3.31. The average molecular weight is 276 g/mol. The molecule has 0 amide bonds. The van der Waals surface area contributed by atoms with Crippen LogP contribution >= 0.6 is 11.3 Å². The number of sulfonamides is 1. The van der Waals surface area contributed by atoms with Crippen LogP contribution in [0, 0.1) is 5.92 Å². The van der Waals surface area contributed by atoms with Crippen molar-refractivity contribution in [3.05, 3.63) is 17.0 Å². The fourth-order valence-electron chi connectivity index (χ4n) is 1.55. The highest BCUT2D eigenvalue weighted by Crippen LogP contribution is 2.23. The minimum Gasteiger partial charge on any atom is -0.316 e. The van der Waals surface area contributed by atoms with Gasteiger partial charge in [-0.1, -0.05) is 13.8 Å². The van der Waals surface area contributed by atoms with Crippen LogP contribution in [0.4, 0.5) is 0 Å². The smallest absolute Gasteiger partial charge is 0.252 e. The van der Waals surface area contributed by atoms with Gasteiger partial charge in [-0.3, -0.25) is 0 Å². The van der Waals surface area contributed by atoms with E-state index in [9.17, 15) is 8.42 Å². The molecule has 0 saturated carbocycles. The van der Waals surface area contributed by atoms with E-state index in [1.165, 1.54) is 15.6 Å². The molecule has 1 heterocycles. The number of hydrogen-bond acceptors (Lipinski definition) is 4. The maximum Gasteiger partial charge on any atom is 0.252 e. The SMILES string of the molecule is CNCc1csc(S(=O)(=O)N(C)CC(C)C)c1. The van der Waals surface area contributed by atoms with Crippen molar-refractivity contribution in [1.82, 2.24) is 9.62 Å². The van der Waals surface area contributed by atoms with Crippen LogP contribution in [0.3, 0.4) is 0 Å². The molecule has 0 spiro atoms. The van der Waals surface area contributed by atoms with E-state index in [-0.39, 0.29) is 0 Å². The molecule has 0 aliphatic carbocycles. The van der Waals surface area contributed by atoms with Crippen molar-refractivity contribution in [2.75, 3.05) is 20.6 Å². The molecule has 1 N–H and O–H groups in total. The molecule has 0 atom stereocenters. The summed E-state index contributed by atoms with van der Waals surface area (Å²) >= 11 is 1.28. The summed E-state index contributed by atoms with van der Waals surface area (Å²) < 4.78 is 26.2. The monoisotopic (exact) mass is 276 g/mol. The average Bonchev–Trinajstić information content (AvgIpc) is 2.66. The van der Waals surface area contributed by atoms with E-state index in [0.29, 0.717) is 23.2 Å². The maximum atomic E-state index is 12.2. The van der Waals surface area contributed by atoms with Gasteiger partial charge in [0.15, 0.2) is 0 Å². The standard InChI is InChI=1S/C11H20N2O2S2/c1-9(2)7-13(4)17(14,15)11-5-10(6-12-3)8-16-11/h5,8-9,12H,6-7H2,1-4H3. The Kier molecular flexibility index (Phi) is 5.12. The normalized spacial score (nSPS) is 12.6. The quantitative estimate of drug-likeness (QED) is 0.861. The van der Waals surface area contributed by atoms with Crippen molar-refractivity contribution in [2.45, 2.75) is 24.6 Å². The first-order valence-corrected chi connectivity index (χ1v) is 7.88. The molecule has 0 fully saturated rings. The lowest BCUT2D eigenvalue weighted by molar-refractivity contribution is 0.418. The number of thiophene rings is 1. The highest BCUT2D eigenvalue weighted by Gasteiger charge is 2.23. The third kappa shape index (κ3) is 3.77. The molecule has 17 heavy (non-hydrogen) atoms. The van der Waals surface area contributed by atoms with E-state index < -0.39 is 10.0 Å². The maximum absolute atomic E-state index is 12.2. The third-order valence-corrected chi connectivity index (χ3v) is 5.58. The van der Waals surface area contributed by atoms with Crippen LogP contribution < -0.4 is 5.32 Å². The Morgan fingerprint density at radius 2 is 2.12 bits per heavy atom. The van der Waals surface area contributed by atoms with Crippen molar-refractivity contribution in [3.8, 4) is 0 Å². The van der Waals surface area contributed by atoms with E-state index in [1.54, 1.807) is 13.1 Å². The van der Waals surface area contributed by atoms with Gasteiger partial charge in [0, 0.05) is 20.1 Å². The molecule has 1 aromatic rings. The van der Waals surface area contributed by atoms with Gasteiger partial charge in [-0.05, 0) is 30.0 Å². The summed E-state index contributed by atoms with van der Waals surface area (Å²) in [4.78, 5) is 0. The fraction of sp³-hybridized carbons (Fsp3) is 0.636. The van der Waals surface area contributed by atoms with E-state index in [0.717, 1.165) is 5.56 Å². The zero-order valence-corrected chi connectivity index (χ0v) is 12.4. The zero-order valence-electron chi connectivity index (χ0n) is 10.7. The summed E-state index contributed by atoms with van der Waals surface area (Å²) in [5.41, 5.74) is 1.01. The molecule has 0 saturated heterocycles. The minimum absolute atomic E-state index is 0.325. The molecule has 6 heteroatoms. The Labute approximate surface area is 108 Å². The Bertz CT molecular complexity index is 452. The Morgan fingerprint density at radius 1 is 1.47 bits per heavy atom. The van der Waals surface area contributed by atoms with Gasteiger partial charge in [0.25, 0.3) is 10.0 Å². The van der Waals surface area contributed by atoms with Crippen LogP contribution in [-0.2, 0) is 16.6 Å². The fourth-order valence-corrected chi connectivity index (χ4v) is 4.30. The molecule has 0 aliphatic rings. The van der Waals surface area contributed by atoms with Crippen molar-refractivity contribution >= 4 is 21.4 Å². The van der Waals surface area contributed by atoms with Gasteiger partial charge in [0.05, 0.1) is 0 Å². The van der Waals surface area contributed by atoms with Crippen LogP contribution in [0.15, 0.2) is 15.7 Å². The Balaban J connectivity index is 2.88. The van der Waals surface area contributed by atoms with Gasteiger partial charge in [-0.15, -0.1) is 11.3 Å². The van der Waals surface area contributed by atoms with Crippen molar-refractivity contribution in [1.29, 1.82) is 0 Å². The molecule has 0 bridgehead atoms. The third-order valence-electron chi connectivity index (χ3n) is 2.30. The van der Waals surface area contributed by atoms with Crippen LogP contribution in [0.1, 0.15) is 19.4 Å². The van der Waals surface area contributed by atoms with E-state index in [1.807, 2.05) is 26.3 Å². The zero-order chi connectivity index (χ0) is 13.1. The molecule has 1 aromatic heterocycles. The summed E-state index contributed by atoms with van der Waals surface area (Å²) in [5, 5.41) is 4.89. The highest BCUT2D eigenvalue weighted by molar-refractivity contribution is 7.91. The molecule has 0 unspecified atom stereocenters. The van der Waals surface area contributed by atoms with Crippen LogP contribution in [0.2, 0.25) is 0 Å². The largest absolute Gasteiger partial charge is 0.316 e. The number of nitrogens with zero attached hydrogens (tertiary/aromatic N) is 1. The lowest BCUT2D eigenvalue weighted by atomic mass is 10.2. The Hall–Kier alpha value is -0.430. The molecule has 1 rings (SSSR count). The van der Waals surface area contributed by atoms with Gasteiger partial charge < -0.3 is 5.32 Å². The second-order valence-electron chi connectivity index (χ2n) is 4.48. The van der Waals surface area contributed by atoms with E-state index in [2.05, 4.69) is 5.32 Å². The van der Waals surface area contributed by atoms with Crippen molar-refractivity contribution in [2.24, 2.45) is 5.92 Å². The molecule has 0 radical (unpaired) electrons. The number of hydrogen-bond donors (Lipinski definition) is 1. The first kappa shape index (κ1) is 14.6. The summed E-state index contributed by atoms with van der Waals surface area (Å²) in [7, 11) is 0.168. The van der Waals surface area contributed by atoms with Crippen molar-refractivity contribution < 1.29 is 8.42 Å². The van der Waals surface area contributed by atoms with Crippen LogP contribution in [-0.4, -0.2) is 33.4 Å². The summed E-state index contributed by atoms with van der Waals surface area (Å²) in [6, 6.07) is 1.74. The topological polar surface area (TPSA) is 49.4 Å². The van der Waals surface area contributed by atoms with Crippen molar-refractivity contribution in [3.63, 3.8) is 0 Å². The lowest BCUT2D eigenvalue weighted by Gasteiger charge is -2.17. The van der Waals surface area contributed by atoms with E-state index in [4.69, 9.17) is 0 Å². The number of rotatable bonds is 6. The predicted octanol–water partition coefficient (Wildman–Crippen LogP) is 1.74. The lowest BCUT2D eigenvalue weighted by Crippen LogP contribution is -2.29. The molecule has 4 nitrogen and oxygen atoms in total. The van der Waals surface area contributed by atoms with Gasteiger partial charge in [-0.25, -0.2) is 8.42 Å². The highest BCUT2D eigenvalue weighted by atomic mass is 32.2. The molecule has 0 aromatic carbocycles.